The summed E-state index contributed by atoms with van der Waals surface area (Å²) in [4.78, 5) is 33.5. The number of hydrogen-bond acceptors (Lipinski definition) is 8. The van der Waals surface area contributed by atoms with Gasteiger partial charge in [-0.05, 0) is 57.4 Å². The van der Waals surface area contributed by atoms with E-state index in [-0.39, 0.29) is 13.0 Å². The number of allylic oxidation sites excluding steroid dienone is 5. The maximum Gasteiger partial charge on any atom is 0.472 e. The van der Waals surface area contributed by atoms with E-state index in [0.29, 0.717) is 6.42 Å². The van der Waals surface area contributed by atoms with Crippen LogP contribution in [0.5, 0.6) is 0 Å². The molecule has 0 saturated carbocycles. The molecule has 4 N–H and O–H groups in total. The van der Waals surface area contributed by atoms with E-state index < -0.39 is 45.1 Å². The first kappa shape index (κ1) is 55.0. The van der Waals surface area contributed by atoms with E-state index in [9.17, 15) is 19.0 Å². The highest BCUT2D eigenvalue weighted by Crippen LogP contribution is 2.43. The predicted octanol–water partition coefficient (Wildman–Crippen LogP) is 13.2. The highest BCUT2D eigenvalue weighted by Gasteiger charge is 2.27. The number of nitrogens with two attached hydrogens (primary N) is 1. The second kappa shape index (κ2) is 42.2. The van der Waals surface area contributed by atoms with Crippen molar-refractivity contribution in [2.75, 3.05) is 19.8 Å². The second-order valence-corrected chi connectivity index (χ2v) is 17.1. The van der Waals surface area contributed by atoms with Gasteiger partial charge in [-0.3, -0.25) is 18.6 Å². The van der Waals surface area contributed by atoms with Crippen LogP contribution in [0, 0.1) is 0 Å². The molecule has 57 heavy (non-hydrogen) atoms. The Hall–Kier alpha value is -1.97. The van der Waals surface area contributed by atoms with E-state index in [1.807, 2.05) is 6.08 Å². The molecule has 0 aliphatic heterocycles. The SMILES string of the molecule is CCCCC/C=C\C/C=C\CCCCCCCCCC(=O)O[C@H](CO/C=C\CCCCCCCCCCCCCCCCCC)COP(=O)(O)OC[C@H](N)C(=O)O. The van der Waals surface area contributed by atoms with Gasteiger partial charge in [-0.15, -0.1) is 0 Å². The lowest BCUT2D eigenvalue weighted by atomic mass is 10.0. The molecule has 334 valence electrons. The van der Waals surface area contributed by atoms with E-state index in [4.69, 9.17) is 29.4 Å². The normalized spacial score (nSPS) is 14.1. The van der Waals surface area contributed by atoms with Gasteiger partial charge in [0.1, 0.15) is 12.6 Å². The van der Waals surface area contributed by atoms with Crippen molar-refractivity contribution in [1.29, 1.82) is 0 Å². The van der Waals surface area contributed by atoms with E-state index in [1.54, 1.807) is 6.26 Å². The summed E-state index contributed by atoms with van der Waals surface area (Å²) in [5, 5.41) is 8.90. The number of ether oxygens (including phenoxy) is 2. The lowest BCUT2D eigenvalue weighted by molar-refractivity contribution is -0.153. The number of carbonyl (C=O) groups is 2. The van der Waals surface area contributed by atoms with Crippen LogP contribution in [0.15, 0.2) is 36.6 Å². The van der Waals surface area contributed by atoms with Crippen LogP contribution in [0.1, 0.15) is 213 Å². The topological polar surface area (TPSA) is 155 Å². The number of phosphoric ester groups is 1. The molecule has 3 atom stereocenters. The van der Waals surface area contributed by atoms with Crippen LogP contribution in [0.2, 0.25) is 0 Å². The third-order valence-corrected chi connectivity index (χ3v) is 10.9. The van der Waals surface area contributed by atoms with Gasteiger partial charge in [-0.2, -0.15) is 0 Å². The average Bonchev–Trinajstić information content (AvgIpc) is 3.19. The number of phosphoric acid groups is 1. The molecule has 0 fully saturated rings. The zero-order valence-corrected chi connectivity index (χ0v) is 37.3. The number of carbonyl (C=O) groups excluding carboxylic acids is 1. The lowest BCUT2D eigenvalue weighted by Gasteiger charge is -2.20. The van der Waals surface area contributed by atoms with Crippen molar-refractivity contribution in [3.8, 4) is 0 Å². The van der Waals surface area contributed by atoms with Crippen molar-refractivity contribution >= 4 is 19.8 Å². The van der Waals surface area contributed by atoms with Gasteiger partial charge in [0, 0.05) is 6.42 Å². The van der Waals surface area contributed by atoms with Gasteiger partial charge in [0.25, 0.3) is 0 Å². The fraction of sp³-hybridized carbons (Fsp3) is 0.826. The molecule has 0 rings (SSSR count). The zero-order chi connectivity index (χ0) is 41.9. The number of esters is 1. The van der Waals surface area contributed by atoms with Crippen molar-refractivity contribution in [1.82, 2.24) is 0 Å². The highest BCUT2D eigenvalue weighted by atomic mass is 31.2. The minimum Gasteiger partial charge on any atom is -0.498 e. The summed E-state index contributed by atoms with van der Waals surface area (Å²) in [6.45, 7) is 3.26. The molecule has 0 aromatic carbocycles. The first-order valence-electron chi connectivity index (χ1n) is 23.1. The van der Waals surface area contributed by atoms with Crippen LogP contribution in [0.4, 0.5) is 0 Å². The maximum absolute atomic E-state index is 12.6. The van der Waals surface area contributed by atoms with Crippen LogP contribution in [0.3, 0.4) is 0 Å². The molecule has 0 aromatic rings. The van der Waals surface area contributed by atoms with Crippen LogP contribution in [-0.4, -0.2) is 53.9 Å². The van der Waals surface area contributed by atoms with Gasteiger partial charge in [0.05, 0.1) is 19.5 Å². The van der Waals surface area contributed by atoms with Crippen molar-refractivity contribution in [3.05, 3.63) is 36.6 Å². The molecular weight excluding hydrogens is 741 g/mol. The smallest absolute Gasteiger partial charge is 0.472 e. The Morgan fingerprint density at radius 1 is 0.561 bits per heavy atom. The number of carboxylic acids is 1. The van der Waals surface area contributed by atoms with E-state index in [1.165, 1.54) is 141 Å². The van der Waals surface area contributed by atoms with Crippen molar-refractivity contribution in [3.63, 3.8) is 0 Å². The third kappa shape index (κ3) is 42.0. The van der Waals surface area contributed by atoms with E-state index >= 15 is 0 Å². The van der Waals surface area contributed by atoms with Gasteiger partial charge in [-0.25, -0.2) is 4.57 Å². The third-order valence-electron chi connectivity index (χ3n) is 9.99. The molecule has 0 bridgehead atoms. The van der Waals surface area contributed by atoms with Gasteiger partial charge in [0.15, 0.2) is 6.10 Å². The summed E-state index contributed by atoms with van der Waals surface area (Å²) in [6.07, 6.45) is 48.5. The molecule has 0 aliphatic rings. The summed E-state index contributed by atoms with van der Waals surface area (Å²) >= 11 is 0. The minimum atomic E-state index is -4.63. The Bertz CT molecular complexity index is 1050. The molecule has 0 heterocycles. The highest BCUT2D eigenvalue weighted by molar-refractivity contribution is 7.47. The van der Waals surface area contributed by atoms with Gasteiger partial charge in [0.2, 0.25) is 0 Å². The Morgan fingerprint density at radius 2 is 0.965 bits per heavy atom. The quantitative estimate of drug-likeness (QED) is 0.0178. The molecule has 1 unspecified atom stereocenters. The number of rotatable bonds is 44. The summed E-state index contributed by atoms with van der Waals surface area (Å²) in [5.41, 5.74) is 5.35. The van der Waals surface area contributed by atoms with Crippen molar-refractivity contribution < 1.29 is 42.7 Å². The van der Waals surface area contributed by atoms with E-state index in [2.05, 4.69) is 38.2 Å². The fourth-order valence-corrected chi connectivity index (χ4v) is 7.14. The summed E-state index contributed by atoms with van der Waals surface area (Å²) < 4.78 is 33.2. The second-order valence-electron chi connectivity index (χ2n) is 15.6. The largest absolute Gasteiger partial charge is 0.498 e. The Labute approximate surface area is 348 Å². The van der Waals surface area contributed by atoms with Gasteiger partial charge in [-0.1, -0.05) is 179 Å². The molecule has 0 radical (unpaired) electrons. The number of aliphatic carboxylic acids is 1. The molecule has 0 saturated heterocycles. The summed E-state index contributed by atoms with van der Waals surface area (Å²) in [5.74, 6) is -1.81. The lowest BCUT2D eigenvalue weighted by Crippen LogP contribution is -2.34. The molecule has 0 amide bonds. The maximum atomic E-state index is 12.6. The number of unbranched alkanes of at least 4 members (excludes halogenated alkanes) is 26. The van der Waals surface area contributed by atoms with Gasteiger partial charge >= 0.3 is 19.8 Å². The standard InChI is InChI=1S/C46H86NO9P/c1-3-5-7-9-11-13-15-17-19-21-23-25-27-29-31-33-35-37-39-53-40-43(41-54-57(51,52)55-42-44(47)46(49)50)56-45(48)38-36-34-32-30-28-26-24-22-20-18-16-14-12-10-8-6-4-2/h12,14,18,20,37,39,43-44H,3-11,13,15-17,19,21-36,38,40-42,47H2,1-2H3,(H,49,50)(H,51,52)/b14-12-,20-18-,39-37-/t43-,44+/m1/s1. The first-order chi connectivity index (χ1) is 27.7. The molecular formula is C46H86NO9P. The van der Waals surface area contributed by atoms with Crippen LogP contribution >= 0.6 is 7.82 Å². The first-order valence-corrected chi connectivity index (χ1v) is 24.6. The number of carboxylic acid groups (broad SMARTS) is 1. The minimum absolute atomic E-state index is 0.0687. The van der Waals surface area contributed by atoms with Crippen LogP contribution in [0.25, 0.3) is 0 Å². The predicted molar refractivity (Wildman–Crippen MR) is 235 cm³/mol. The number of hydrogen-bond donors (Lipinski definition) is 3. The zero-order valence-electron chi connectivity index (χ0n) is 36.4. The van der Waals surface area contributed by atoms with Crippen molar-refractivity contribution in [2.24, 2.45) is 5.73 Å². The monoisotopic (exact) mass is 828 g/mol. The molecule has 10 nitrogen and oxygen atoms in total. The van der Waals surface area contributed by atoms with E-state index in [0.717, 1.165) is 44.9 Å². The average molecular weight is 828 g/mol. The molecule has 11 heteroatoms. The molecule has 0 aromatic heterocycles. The van der Waals surface area contributed by atoms with Crippen LogP contribution < -0.4 is 5.73 Å². The Kier molecular flexibility index (Phi) is 40.7. The summed E-state index contributed by atoms with van der Waals surface area (Å²) in [6, 6.07) is -1.48. The van der Waals surface area contributed by atoms with Gasteiger partial charge < -0.3 is 25.2 Å². The Balaban J connectivity index is 4.25. The fourth-order valence-electron chi connectivity index (χ4n) is 6.36. The van der Waals surface area contributed by atoms with Crippen LogP contribution in [-0.2, 0) is 32.7 Å². The Morgan fingerprint density at radius 3 is 1.46 bits per heavy atom. The molecule has 0 aliphatic carbocycles. The van der Waals surface area contributed by atoms with Crippen molar-refractivity contribution in [2.45, 2.75) is 225 Å². The molecule has 0 spiro atoms. The summed E-state index contributed by atoms with van der Waals surface area (Å²) in [7, 11) is -4.63.